The summed E-state index contributed by atoms with van der Waals surface area (Å²) in [5, 5.41) is 3.83. The number of thioether (sulfide) groups is 2. The zero-order valence-electron chi connectivity index (χ0n) is 21.5. The molecule has 2 aromatic carbocycles. The van der Waals surface area contributed by atoms with Crippen LogP contribution in [0.1, 0.15) is 81.1 Å². The van der Waals surface area contributed by atoms with Gasteiger partial charge >= 0.3 is 6.18 Å². The van der Waals surface area contributed by atoms with Crippen molar-refractivity contribution in [3.8, 4) is 0 Å². The number of carbonyl (C=O) groups excluding carboxylic acids is 1. The Morgan fingerprint density at radius 1 is 0.865 bits per heavy atom. The highest BCUT2D eigenvalue weighted by atomic mass is 32.2. The molecular weight excluding hydrogens is 513 g/mol. The Hall–Kier alpha value is -2.19. The van der Waals surface area contributed by atoms with Crippen molar-refractivity contribution in [3.05, 3.63) is 59.8 Å². The maximum Gasteiger partial charge on any atom is 0.416 e. The first-order chi connectivity index (χ1) is 17.8. The third kappa shape index (κ3) is 8.67. The molecule has 0 atom stereocenters. The predicted octanol–water partition coefficient (Wildman–Crippen LogP) is 9.85. The Balaban J connectivity index is 1.97. The van der Waals surface area contributed by atoms with E-state index >= 15 is 0 Å². The highest BCUT2D eigenvalue weighted by Crippen LogP contribution is 2.40. The van der Waals surface area contributed by atoms with Crippen LogP contribution in [-0.2, 0) is 6.18 Å². The largest absolute Gasteiger partial charge is 0.416 e. The van der Waals surface area contributed by atoms with Gasteiger partial charge in [-0.2, -0.15) is 13.2 Å². The van der Waals surface area contributed by atoms with Gasteiger partial charge in [0.05, 0.1) is 22.3 Å². The van der Waals surface area contributed by atoms with E-state index in [1.165, 1.54) is 23.5 Å². The third-order valence-corrected chi connectivity index (χ3v) is 8.26. The number of para-hydroxylation sites is 1. The van der Waals surface area contributed by atoms with Crippen molar-refractivity contribution in [2.24, 2.45) is 0 Å². The number of carbonyl (C=O) groups is 1. The maximum absolute atomic E-state index is 13.9. The van der Waals surface area contributed by atoms with Crippen LogP contribution >= 0.6 is 23.5 Å². The first-order valence-corrected chi connectivity index (χ1v) is 15.0. The summed E-state index contributed by atoms with van der Waals surface area (Å²) < 4.78 is 41.6. The molecule has 0 aliphatic heterocycles. The van der Waals surface area contributed by atoms with Gasteiger partial charge in [0.15, 0.2) is 0 Å². The van der Waals surface area contributed by atoms with Gasteiger partial charge in [-0.05, 0) is 48.6 Å². The van der Waals surface area contributed by atoms with Crippen LogP contribution in [0.2, 0.25) is 0 Å². The number of benzene rings is 2. The SMILES string of the molecule is CCCCCCSc1cc(C(F)(F)F)cc(SCCCCCC)c1C(=O)Nc1cccc2cccnc12. The molecular formula is C29H35F3N2OS2. The Kier molecular flexibility index (Phi) is 11.6. The van der Waals surface area contributed by atoms with Gasteiger partial charge in [0.2, 0.25) is 0 Å². The van der Waals surface area contributed by atoms with E-state index in [0.717, 1.165) is 68.9 Å². The van der Waals surface area contributed by atoms with E-state index in [4.69, 9.17) is 0 Å². The number of hydrogen-bond acceptors (Lipinski definition) is 4. The molecule has 0 radical (unpaired) electrons. The molecule has 0 saturated carbocycles. The Bertz CT molecular complexity index is 1130. The number of aromatic nitrogens is 1. The maximum atomic E-state index is 13.9. The predicted molar refractivity (Wildman–Crippen MR) is 151 cm³/mol. The van der Waals surface area contributed by atoms with Crippen LogP contribution in [0, 0.1) is 0 Å². The van der Waals surface area contributed by atoms with Crippen LogP contribution in [0.4, 0.5) is 18.9 Å². The summed E-state index contributed by atoms with van der Waals surface area (Å²) in [6.07, 6.45) is 5.34. The molecule has 3 aromatic rings. The molecule has 1 heterocycles. The standard InChI is InChI=1S/C29H35F3N2OS2/c1-3-5-7-9-17-36-24-19-22(29(30,31)32)20-25(37-18-10-8-6-4-2)26(24)28(35)34-23-15-11-13-21-14-12-16-33-27(21)23/h11-16,19-20H,3-10,17-18H2,1-2H3,(H,34,35). The monoisotopic (exact) mass is 548 g/mol. The molecule has 1 aromatic heterocycles. The first-order valence-electron chi connectivity index (χ1n) is 13.0. The lowest BCUT2D eigenvalue weighted by Gasteiger charge is -2.18. The number of nitrogens with zero attached hydrogens (tertiary/aromatic N) is 1. The molecule has 8 heteroatoms. The van der Waals surface area contributed by atoms with Crippen molar-refractivity contribution in [3.63, 3.8) is 0 Å². The van der Waals surface area contributed by atoms with Gasteiger partial charge < -0.3 is 5.32 Å². The number of halogens is 3. The summed E-state index contributed by atoms with van der Waals surface area (Å²) >= 11 is 2.68. The van der Waals surface area contributed by atoms with Crippen molar-refractivity contribution in [1.82, 2.24) is 4.98 Å². The number of rotatable bonds is 14. The van der Waals surface area contributed by atoms with Gasteiger partial charge in [-0.1, -0.05) is 70.6 Å². The molecule has 0 unspecified atom stereocenters. The summed E-state index contributed by atoms with van der Waals surface area (Å²) in [5.41, 5.74) is 0.804. The molecule has 3 rings (SSSR count). The van der Waals surface area contributed by atoms with Gasteiger partial charge in [-0.25, -0.2) is 0 Å². The van der Waals surface area contributed by atoms with E-state index in [-0.39, 0.29) is 0 Å². The highest BCUT2D eigenvalue weighted by molar-refractivity contribution is 8.00. The molecule has 0 aliphatic carbocycles. The Labute approximate surface area is 226 Å². The number of fused-ring (bicyclic) bond motifs is 1. The Morgan fingerprint density at radius 3 is 2.03 bits per heavy atom. The summed E-state index contributed by atoms with van der Waals surface area (Å²) in [7, 11) is 0. The minimum Gasteiger partial charge on any atom is -0.320 e. The van der Waals surface area contributed by atoms with Crippen molar-refractivity contribution < 1.29 is 18.0 Å². The number of anilines is 1. The van der Waals surface area contributed by atoms with Crippen molar-refractivity contribution in [1.29, 1.82) is 0 Å². The van der Waals surface area contributed by atoms with Crippen LogP contribution in [0.5, 0.6) is 0 Å². The third-order valence-electron chi connectivity index (χ3n) is 6.01. The molecule has 200 valence electrons. The lowest BCUT2D eigenvalue weighted by molar-refractivity contribution is -0.137. The highest BCUT2D eigenvalue weighted by Gasteiger charge is 2.33. The minimum atomic E-state index is -4.48. The van der Waals surface area contributed by atoms with E-state index in [9.17, 15) is 18.0 Å². The topological polar surface area (TPSA) is 42.0 Å². The molecule has 3 nitrogen and oxygen atoms in total. The summed E-state index contributed by atoms with van der Waals surface area (Å²) in [5.74, 6) is 0.926. The van der Waals surface area contributed by atoms with Crippen LogP contribution < -0.4 is 5.32 Å². The lowest BCUT2D eigenvalue weighted by Crippen LogP contribution is -2.17. The van der Waals surface area contributed by atoms with Crippen molar-refractivity contribution >= 4 is 46.0 Å². The number of alkyl halides is 3. The van der Waals surface area contributed by atoms with E-state index in [1.54, 1.807) is 12.3 Å². The number of nitrogens with one attached hydrogen (secondary N) is 1. The van der Waals surface area contributed by atoms with Gasteiger partial charge in [0.25, 0.3) is 5.91 Å². The molecule has 1 amide bonds. The lowest BCUT2D eigenvalue weighted by atomic mass is 10.1. The molecule has 37 heavy (non-hydrogen) atoms. The molecule has 0 saturated heterocycles. The smallest absolute Gasteiger partial charge is 0.320 e. The summed E-state index contributed by atoms with van der Waals surface area (Å²) in [6.45, 7) is 4.24. The average molecular weight is 549 g/mol. The number of hydrogen-bond donors (Lipinski definition) is 1. The number of amides is 1. The average Bonchev–Trinajstić information content (AvgIpc) is 2.88. The summed E-state index contributed by atoms with van der Waals surface area (Å²) in [4.78, 5) is 18.9. The molecule has 0 aliphatic rings. The second-order valence-electron chi connectivity index (χ2n) is 9.00. The van der Waals surface area contributed by atoms with Gasteiger partial charge in [-0.15, -0.1) is 23.5 Å². The van der Waals surface area contributed by atoms with Crippen LogP contribution in [0.15, 0.2) is 58.5 Å². The molecule has 0 bridgehead atoms. The van der Waals surface area contributed by atoms with Gasteiger partial charge in [0.1, 0.15) is 0 Å². The zero-order chi connectivity index (χ0) is 26.7. The van der Waals surface area contributed by atoms with E-state index in [2.05, 4.69) is 24.1 Å². The second-order valence-corrected chi connectivity index (χ2v) is 11.3. The van der Waals surface area contributed by atoms with E-state index < -0.39 is 17.6 Å². The van der Waals surface area contributed by atoms with Crippen molar-refractivity contribution in [2.45, 2.75) is 81.2 Å². The normalized spacial score (nSPS) is 11.7. The fourth-order valence-electron chi connectivity index (χ4n) is 4.02. The van der Waals surface area contributed by atoms with Gasteiger partial charge in [-0.3, -0.25) is 9.78 Å². The Morgan fingerprint density at radius 2 is 1.46 bits per heavy atom. The fourth-order valence-corrected chi connectivity index (χ4v) is 6.33. The molecule has 0 spiro atoms. The van der Waals surface area contributed by atoms with Crippen LogP contribution in [-0.4, -0.2) is 22.4 Å². The summed E-state index contributed by atoms with van der Waals surface area (Å²) in [6, 6.07) is 11.5. The van der Waals surface area contributed by atoms with Crippen LogP contribution in [0.25, 0.3) is 10.9 Å². The van der Waals surface area contributed by atoms with E-state index in [1.807, 2.05) is 24.3 Å². The number of unbranched alkanes of at least 4 members (excludes halogenated alkanes) is 6. The van der Waals surface area contributed by atoms with E-state index in [0.29, 0.717) is 38.1 Å². The van der Waals surface area contributed by atoms with Crippen LogP contribution in [0.3, 0.4) is 0 Å². The minimum absolute atomic E-state index is 0.321. The number of pyridine rings is 1. The fraction of sp³-hybridized carbons (Fsp3) is 0.448. The molecule has 1 N–H and O–H groups in total. The first kappa shape index (κ1) is 29.4. The zero-order valence-corrected chi connectivity index (χ0v) is 23.1. The molecule has 0 fully saturated rings. The van der Waals surface area contributed by atoms with Gasteiger partial charge in [0, 0.05) is 21.4 Å². The second kappa shape index (κ2) is 14.7. The van der Waals surface area contributed by atoms with Crippen molar-refractivity contribution in [2.75, 3.05) is 16.8 Å². The quantitative estimate of drug-likeness (QED) is 0.161.